The number of rotatable bonds is 3. The van der Waals surface area contributed by atoms with Crippen LogP contribution in [0.25, 0.3) is 0 Å². The molecular formula is C15H18FNO3. The van der Waals surface area contributed by atoms with Crippen LogP contribution in [-0.2, 0) is 4.79 Å². The molecule has 1 aromatic carbocycles. The van der Waals surface area contributed by atoms with Gasteiger partial charge in [-0.05, 0) is 49.9 Å². The first-order valence-corrected chi connectivity index (χ1v) is 6.77. The van der Waals surface area contributed by atoms with Crippen molar-refractivity contribution in [3.63, 3.8) is 0 Å². The summed E-state index contributed by atoms with van der Waals surface area (Å²) in [5.74, 6) is -1.64. The van der Waals surface area contributed by atoms with Crippen molar-refractivity contribution in [3.05, 3.63) is 35.1 Å². The topological polar surface area (TPSA) is 57.6 Å². The van der Waals surface area contributed by atoms with Gasteiger partial charge in [0, 0.05) is 18.2 Å². The maximum Gasteiger partial charge on any atom is 0.305 e. The minimum Gasteiger partial charge on any atom is -0.481 e. The molecule has 0 aromatic heterocycles. The first-order chi connectivity index (χ1) is 9.47. The minimum absolute atomic E-state index is 0.0555. The monoisotopic (exact) mass is 279 g/mol. The van der Waals surface area contributed by atoms with E-state index in [9.17, 15) is 14.0 Å². The molecule has 1 aliphatic heterocycles. The molecule has 4 nitrogen and oxygen atoms in total. The number of aryl methyl sites for hydroxylation is 1. The Hall–Kier alpha value is -1.91. The number of hydrogen-bond acceptors (Lipinski definition) is 2. The summed E-state index contributed by atoms with van der Waals surface area (Å²) in [5.41, 5.74) is 0.972. The highest BCUT2D eigenvalue weighted by atomic mass is 19.1. The number of carbonyl (C=O) groups excluding carboxylic acids is 1. The molecule has 0 saturated carbocycles. The molecule has 1 aromatic rings. The number of hydrogen-bond donors (Lipinski definition) is 1. The van der Waals surface area contributed by atoms with Crippen molar-refractivity contribution in [2.75, 3.05) is 6.54 Å². The Balaban J connectivity index is 2.22. The van der Waals surface area contributed by atoms with Crippen LogP contribution < -0.4 is 0 Å². The average Bonchev–Trinajstić information content (AvgIpc) is 2.36. The lowest BCUT2D eigenvalue weighted by Crippen LogP contribution is -2.44. The quantitative estimate of drug-likeness (QED) is 0.925. The SMILES string of the molecule is Cc1cc(F)cc(C(=O)N2CCCC[C@@H]2CC(=O)O)c1. The van der Waals surface area contributed by atoms with Crippen LogP contribution in [0.3, 0.4) is 0 Å². The summed E-state index contributed by atoms with van der Waals surface area (Å²) in [5, 5.41) is 8.93. The van der Waals surface area contributed by atoms with Crippen molar-refractivity contribution in [2.45, 2.75) is 38.6 Å². The third-order valence-corrected chi connectivity index (χ3v) is 3.59. The van der Waals surface area contributed by atoms with E-state index in [1.165, 1.54) is 12.1 Å². The molecule has 1 fully saturated rings. The van der Waals surface area contributed by atoms with Gasteiger partial charge < -0.3 is 10.0 Å². The van der Waals surface area contributed by atoms with Gasteiger partial charge in [0.25, 0.3) is 5.91 Å². The third kappa shape index (κ3) is 3.35. The van der Waals surface area contributed by atoms with E-state index in [2.05, 4.69) is 0 Å². The number of nitrogens with zero attached hydrogens (tertiary/aromatic N) is 1. The predicted octanol–water partition coefficient (Wildman–Crippen LogP) is 2.60. The second-order valence-electron chi connectivity index (χ2n) is 5.26. The Bertz CT molecular complexity index is 510. The zero-order chi connectivity index (χ0) is 14.7. The van der Waals surface area contributed by atoms with Crippen LogP contribution in [0, 0.1) is 12.7 Å². The van der Waals surface area contributed by atoms with Crippen LogP contribution in [0.15, 0.2) is 18.2 Å². The van der Waals surface area contributed by atoms with Gasteiger partial charge in [0.15, 0.2) is 0 Å². The molecule has 0 bridgehead atoms. The fourth-order valence-corrected chi connectivity index (χ4v) is 2.71. The minimum atomic E-state index is -0.912. The molecule has 1 atom stereocenters. The third-order valence-electron chi connectivity index (χ3n) is 3.59. The van der Waals surface area contributed by atoms with Gasteiger partial charge in [-0.15, -0.1) is 0 Å². The smallest absolute Gasteiger partial charge is 0.305 e. The molecule has 0 unspecified atom stereocenters. The van der Waals surface area contributed by atoms with Gasteiger partial charge in [-0.2, -0.15) is 0 Å². The summed E-state index contributed by atoms with van der Waals surface area (Å²) in [4.78, 5) is 24.9. The standard InChI is InChI=1S/C15H18FNO3/c1-10-6-11(8-12(16)7-10)15(20)17-5-3-2-4-13(17)9-14(18)19/h6-8,13H,2-5,9H2,1H3,(H,18,19)/t13-/m1/s1. The number of benzene rings is 1. The molecule has 1 aliphatic rings. The largest absolute Gasteiger partial charge is 0.481 e. The van der Waals surface area contributed by atoms with Crippen LogP contribution in [-0.4, -0.2) is 34.5 Å². The molecule has 1 amide bonds. The Morgan fingerprint density at radius 3 is 2.75 bits per heavy atom. The van der Waals surface area contributed by atoms with Crippen molar-refractivity contribution >= 4 is 11.9 Å². The number of carboxylic acids is 1. The van der Waals surface area contributed by atoms with E-state index in [-0.39, 0.29) is 18.4 Å². The van der Waals surface area contributed by atoms with Crippen molar-refractivity contribution in [2.24, 2.45) is 0 Å². The molecule has 1 saturated heterocycles. The van der Waals surface area contributed by atoms with Gasteiger partial charge in [0.05, 0.1) is 6.42 Å². The summed E-state index contributed by atoms with van der Waals surface area (Å²) in [7, 11) is 0. The first kappa shape index (κ1) is 14.5. The molecule has 5 heteroatoms. The fourth-order valence-electron chi connectivity index (χ4n) is 2.71. The molecule has 108 valence electrons. The number of halogens is 1. The first-order valence-electron chi connectivity index (χ1n) is 6.77. The van der Waals surface area contributed by atoms with Gasteiger partial charge in [-0.3, -0.25) is 9.59 Å². The lowest BCUT2D eigenvalue weighted by atomic mass is 9.98. The fraction of sp³-hybridized carbons (Fsp3) is 0.467. The van der Waals surface area contributed by atoms with Gasteiger partial charge in [0.2, 0.25) is 0 Å². The van der Waals surface area contributed by atoms with Crippen molar-refractivity contribution in [1.82, 2.24) is 4.90 Å². The van der Waals surface area contributed by atoms with Crippen molar-refractivity contribution < 1.29 is 19.1 Å². The number of carbonyl (C=O) groups is 2. The molecule has 2 rings (SSSR count). The van der Waals surface area contributed by atoms with E-state index in [0.717, 1.165) is 12.8 Å². The lowest BCUT2D eigenvalue weighted by Gasteiger charge is -2.35. The van der Waals surface area contributed by atoms with Gasteiger partial charge in [-0.25, -0.2) is 4.39 Å². The Kier molecular flexibility index (Phi) is 4.37. The normalized spacial score (nSPS) is 18.9. The second kappa shape index (κ2) is 6.03. The molecule has 0 spiro atoms. The van der Waals surface area contributed by atoms with Crippen LogP contribution in [0.4, 0.5) is 4.39 Å². The highest BCUT2D eigenvalue weighted by Gasteiger charge is 2.29. The number of piperidine rings is 1. The summed E-state index contributed by atoms with van der Waals surface area (Å²) in [6.45, 7) is 2.26. The molecule has 0 radical (unpaired) electrons. The molecular weight excluding hydrogens is 261 g/mol. The molecule has 1 heterocycles. The second-order valence-corrected chi connectivity index (χ2v) is 5.26. The predicted molar refractivity (Wildman–Crippen MR) is 72.1 cm³/mol. The summed E-state index contributed by atoms with van der Waals surface area (Å²) >= 11 is 0. The van der Waals surface area contributed by atoms with Crippen LogP contribution in [0.2, 0.25) is 0 Å². The van der Waals surface area contributed by atoms with Gasteiger partial charge >= 0.3 is 5.97 Å². The van der Waals surface area contributed by atoms with Crippen LogP contribution in [0.1, 0.15) is 41.6 Å². The molecule has 1 N–H and O–H groups in total. The summed E-state index contributed by atoms with van der Waals surface area (Å²) < 4.78 is 13.4. The Labute approximate surface area is 117 Å². The van der Waals surface area contributed by atoms with Gasteiger partial charge in [-0.1, -0.05) is 0 Å². The van der Waals surface area contributed by atoms with Gasteiger partial charge in [0.1, 0.15) is 5.82 Å². The zero-order valence-electron chi connectivity index (χ0n) is 11.4. The number of carboxylic acid groups (broad SMARTS) is 1. The Morgan fingerprint density at radius 2 is 2.10 bits per heavy atom. The van der Waals surface area contributed by atoms with E-state index in [4.69, 9.17) is 5.11 Å². The van der Waals surface area contributed by atoms with Crippen LogP contribution in [0.5, 0.6) is 0 Å². The molecule has 20 heavy (non-hydrogen) atoms. The van der Waals surface area contributed by atoms with Crippen molar-refractivity contribution in [1.29, 1.82) is 0 Å². The highest BCUT2D eigenvalue weighted by molar-refractivity contribution is 5.95. The lowest BCUT2D eigenvalue weighted by molar-refractivity contribution is -0.138. The maximum atomic E-state index is 13.4. The number of amides is 1. The maximum absolute atomic E-state index is 13.4. The summed E-state index contributed by atoms with van der Waals surface area (Å²) in [6, 6.07) is 3.92. The average molecular weight is 279 g/mol. The van der Waals surface area contributed by atoms with E-state index in [1.54, 1.807) is 17.9 Å². The highest BCUT2D eigenvalue weighted by Crippen LogP contribution is 2.22. The number of likely N-dealkylation sites (tertiary alicyclic amines) is 1. The van der Waals surface area contributed by atoms with E-state index in [0.29, 0.717) is 24.1 Å². The molecule has 0 aliphatic carbocycles. The van der Waals surface area contributed by atoms with E-state index in [1.807, 2.05) is 0 Å². The zero-order valence-corrected chi connectivity index (χ0v) is 11.4. The summed E-state index contributed by atoms with van der Waals surface area (Å²) in [6.07, 6.45) is 2.41. The Morgan fingerprint density at radius 1 is 1.35 bits per heavy atom. The van der Waals surface area contributed by atoms with E-state index < -0.39 is 11.8 Å². The number of aliphatic carboxylic acids is 1. The van der Waals surface area contributed by atoms with E-state index >= 15 is 0 Å². The van der Waals surface area contributed by atoms with Crippen molar-refractivity contribution in [3.8, 4) is 0 Å². The van der Waals surface area contributed by atoms with Crippen LogP contribution >= 0.6 is 0 Å².